The molecule has 6 nitrogen and oxygen atoms in total. The molecule has 0 aliphatic carbocycles. The van der Waals surface area contributed by atoms with Gasteiger partial charge in [0.15, 0.2) is 0 Å². The summed E-state index contributed by atoms with van der Waals surface area (Å²) in [7, 11) is 0. The molecule has 2 aromatic rings. The van der Waals surface area contributed by atoms with Crippen LogP contribution in [-0.4, -0.2) is 62.3 Å². The number of hydrazine groups is 1. The second-order valence-electron chi connectivity index (χ2n) is 7.79. The molecule has 2 heterocycles. The number of rotatable bonds is 10. The molecule has 1 amide bonds. The first kappa shape index (κ1) is 27.1. The van der Waals surface area contributed by atoms with Crippen LogP contribution in [0.1, 0.15) is 29.5 Å². The van der Waals surface area contributed by atoms with Gasteiger partial charge in [0, 0.05) is 41.9 Å². The molecule has 1 aromatic carbocycles. The summed E-state index contributed by atoms with van der Waals surface area (Å²) >= 11 is 3.61. The van der Waals surface area contributed by atoms with Crippen LogP contribution < -0.4 is 0 Å². The van der Waals surface area contributed by atoms with E-state index in [2.05, 4.69) is 18.4 Å². The molecule has 1 aliphatic heterocycles. The monoisotopic (exact) mass is 528 g/mol. The predicted molar refractivity (Wildman–Crippen MR) is 146 cm³/mol. The quantitative estimate of drug-likeness (QED) is 0.302. The fraction of sp³-hybridized carbons (Fsp3) is 0.308. The molecule has 35 heavy (non-hydrogen) atoms. The summed E-state index contributed by atoms with van der Waals surface area (Å²) in [4.78, 5) is 24.2. The predicted octanol–water partition coefficient (Wildman–Crippen LogP) is 5.70. The highest BCUT2D eigenvalue weighted by atomic mass is 32.2. The Balaban J connectivity index is 1.54. The Morgan fingerprint density at radius 1 is 1.26 bits per heavy atom. The zero-order chi connectivity index (χ0) is 25.0. The molecule has 0 bridgehead atoms. The van der Waals surface area contributed by atoms with E-state index in [9.17, 15) is 14.7 Å². The number of carbonyl (C=O) groups excluding carboxylic acids is 1. The van der Waals surface area contributed by atoms with Crippen LogP contribution in [0.2, 0.25) is 0 Å². The van der Waals surface area contributed by atoms with Gasteiger partial charge >= 0.3 is 5.30 Å². The van der Waals surface area contributed by atoms with Crippen LogP contribution in [0.5, 0.6) is 0 Å². The van der Waals surface area contributed by atoms with Crippen molar-refractivity contribution in [2.24, 2.45) is 0 Å². The van der Waals surface area contributed by atoms with Gasteiger partial charge in [0.05, 0.1) is 6.10 Å². The molecule has 1 atom stereocenters. The average Bonchev–Trinajstić information content (AvgIpc) is 3.34. The van der Waals surface area contributed by atoms with Crippen molar-refractivity contribution in [2.45, 2.75) is 25.4 Å². The maximum atomic E-state index is 12.5. The van der Waals surface area contributed by atoms with E-state index in [1.165, 1.54) is 11.8 Å². The van der Waals surface area contributed by atoms with E-state index in [1.54, 1.807) is 28.5 Å². The van der Waals surface area contributed by atoms with Crippen LogP contribution in [0.25, 0.3) is 0 Å². The highest BCUT2D eigenvalue weighted by Crippen LogP contribution is 2.25. The van der Waals surface area contributed by atoms with E-state index < -0.39 is 11.4 Å². The Morgan fingerprint density at radius 3 is 2.83 bits per heavy atom. The van der Waals surface area contributed by atoms with E-state index in [-0.39, 0.29) is 5.24 Å². The first-order chi connectivity index (χ1) is 16.9. The zero-order valence-electron chi connectivity index (χ0n) is 19.3. The lowest BCUT2D eigenvalue weighted by Gasteiger charge is -2.38. The number of thioether (sulfide) groups is 2. The topological polar surface area (TPSA) is 81.1 Å². The summed E-state index contributed by atoms with van der Waals surface area (Å²) in [6.07, 6.45) is 4.10. The van der Waals surface area contributed by atoms with Crippen molar-refractivity contribution in [3.8, 4) is 11.8 Å². The van der Waals surface area contributed by atoms with Crippen molar-refractivity contribution >= 4 is 45.4 Å². The summed E-state index contributed by atoms with van der Waals surface area (Å²) in [5, 5.41) is 26.3. The number of benzene rings is 1. The number of hydrogen-bond donors (Lipinski definition) is 2. The van der Waals surface area contributed by atoms with Gasteiger partial charge in [-0.15, -0.1) is 0 Å². The maximum Gasteiger partial charge on any atom is 0.369 e. The van der Waals surface area contributed by atoms with Gasteiger partial charge in [0.25, 0.3) is 5.24 Å². The number of nitrogens with zero attached hydrogens (tertiary/aromatic N) is 2. The fourth-order valence-corrected chi connectivity index (χ4v) is 5.57. The average molecular weight is 529 g/mol. The number of hydrogen-bond acceptors (Lipinski definition) is 7. The van der Waals surface area contributed by atoms with Crippen LogP contribution in [-0.2, 0) is 6.42 Å². The molecular formula is C26H28N2O4S3. The first-order valence-corrected chi connectivity index (χ1v) is 13.9. The van der Waals surface area contributed by atoms with E-state index in [0.717, 1.165) is 28.5 Å². The number of allylic oxidation sites excluding steroid dienone is 2. The third kappa shape index (κ3) is 9.24. The van der Waals surface area contributed by atoms with Crippen LogP contribution in [0.4, 0.5) is 9.59 Å². The Labute approximate surface area is 218 Å². The number of amides is 1. The number of carboxylic acid groups (broad SMARTS) is 1. The highest BCUT2D eigenvalue weighted by molar-refractivity contribution is 8.16. The van der Waals surface area contributed by atoms with E-state index in [1.807, 2.05) is 46.1 Å². The minimum atomic E-state index is -0.987. The normalized spacial score (nSPS) is 15.4. The Bertz CT molecular complexity index is 1110. The molecule has 1 saturated heterocycles. The molecule has 1 fully saturated rings. The highest BCUT2D eigenvalue weighted by Gasteiger charge is 2.27. The van der Waals surface area contributed by atoms with Crippen LogP contribution in [0.15, 0.2) is 64.7 Å². The van der Waals surface area contributed by atoms with Crippen molar-refractivity contribution in [3.05, 3.63) is 81.4 Å². The number of thiophene rings is 1. The standard InChI is InChI=1S/C26H28N2O4S3/c1-2-4-24(35-26(31)32)10-13-28-25(30)34-16-14-27(28)12-9-23(29)18-22-6-3-5-20(17-22)7-8-21-11-15-33-19-21/h2-6,11,15,17,19,23,29H,1,9-10,12-14,16,18H2,(H,31,32)/b24-4-/t23-/m1/s1. The lowest BCUT2D eigenvalue weighted by atomic mass is 10.0. The summed E-state index contributed by atoms with van der Waals surface area (Å²) < 4.78 is 0. The van der Waals surface area contributed by atoms with E-state index >= 15 is 0 Å². The van der Waals surface area contributed by atoms with Crippen molar-refractivity contribution in [2.75, 3.05) is 25.4 Å². The van der Waals surface area contributed by atoms with Crippen LogP contribution in [0, 0.1) is 11.8 Å². The Hall–Kier alpha value is -2.48. The molecule has 0 saturated carbocycles. The largest absolute Gasteiger partial charge is 0.473 e. The lowest BCUT2D eigenvalue weighted by molar-refractivity contribution is 0.0150. The smallest absolute Gasteiger partial charge is 0.369 e. The van der Waals surface area contributed by atoms with Crippen LogP contribution >= 0.6 is 34.9 Å². The molecule has 0 radical (unpaired) electrons. The molecule has 0 spiro atoms. The van der Waals surface area contributed by atoms with E-state index in [4.69, 9.17) is 5.11 Å². The second kappa shape index (κ2) is 14.2. The zero-order valence-corrected chi connectivity index (χ0v) is 21.7. The molecule has 9 heteroatoms. The van der Waals surface area contributed by atoms with Gasteiger partial charge in [-0.2, -0.15) is 11.3 Å². The minimum Gasteiger partial charge on any atom is -0.473 e. The third-order valence-electron chi connectivity index (χ3n) is 5.21. The SMILES string of the molecule is C=C/C=C(/CCN1C(=O)SCCN1CC[C@@H](O)Cc1cccc(C#Cc2ccsc2)c1)SC(=O)O. The molecule has 3 rings (SSSR count). The Morgan fingerprint density at radius 2 is 2.09 bits per heavy atom. The van der Waals surface area contributed by atoms with Gasteiger partial charge in [-0.05, 0) is 65.1 Å². The molecule has 184 valence electrons. The van der Waals surface area contributed by atoms with Gasteiger partial charge in [0.2, 0.25) is 0 Å². The molecule has 0 unspecified atom stereocenters. The third-order valence-corrected chi connectivity index (χ3v) is 7.52. The van der Waals surface area contributed by atoms with Crippen molar-refractivity contribution in [1.29, 1.82) is 0 Å². The maximum absolute atomic E-state index is 12.5. The summed E-state index contributed by atoms with van der Waals surface area (Å²) in [5.74, 6) is 7.01. The summed E-state index contributed by atoms with van der Waals surface area (Å²) in [5.41, 5.74) is 2.92. The van der Waals surface area contributed by atoms with Gasteiger partial charge in [0.1, 0.15) is 0 Å². The molecular weight excluding hydrogens is 500 g/mol. The van der Waals surface area contributed by atoms with Crippen molar-refractivity contribution in [1.82, 2.24) is 10.0 Å². The first-order valence-electron chi connectivity index (χ1n) is 11.2. The van der Waals surface area contributed by atoms with Crippen molar-refractivity contribution < 1.29 is 19.8 Å². The minimum absolute atomic E-state index is 0.0547. The lowest BCUT2D eigenvalue weighted by Crippen LogP contribution is -2.50. The van der Waals surface area contributed by atoms with E-state index in [0.29, 0.717) is 49.6 Å². The summed E-state index contributed by atoms with van der Waals surface area (Å²) in [6, 6.07) is 9.89. The van der Waals surface area contributed by atoms with Crippen LogP contribution in [0.3, 0.4) is 0 Å². The Kier molecular flexibility index (Phi) is 11.0. The van der Waals surface area contributed by atoms with Gasteiger partial charge in [-0.3, -0.25) is 9.80 Å². The second-order valence-corrected chi connectivity index (χ2v) is 10.7. The van der Waals surface area contributed by atoms with Gasteiger partial charge in [-0.25, -0.2) is 9.80 Å². The number of carbonyl (C=O) groups is 2. The summed E-state index contributed by atoms with van der Waals surface area (Å²) in [6.45, 7) is 5.25. The van der Waals surface area contributed by atoms with Crippen molar-refractivity contribution in [3.63, 3.8) is 0 Å². The molecule has 2 N–H and O–H groups in total. The molecule has 1 aromatic heterocycles. The number of aliphatic hydroxyl groups is 1. The van der Waals surface area contributed by atoms with Gasteiger partial charge < -0.3 is 10.2 Å². The van der Waals surface area contributed by atoms with Gasteiger partial charge in [-0.1, -0.05) is 54.5 Å². The fourth-order valence-electron chi connectivity index (χ4n) is 3.57. The number of aliphatic hydroxyl groups excluding tert-OH is 1. The molecule has 1 aliphatic rings.